The Morgan fingerprint density at radius 3 is 2.30 bits per heavy atom. The van der Waals surface area contributed by atoms with E-state index in [1.54, 1.807) is 6.08 Å². The fraction of sp³-hybridized carbons (Fsp3) is 0.320. The van der Waals surface area contributed by atoms with Gasteiger partial charge in [-0.25, -0.2) is 0 Å². The van der Waals surface area contributed by atoms with Crippen molar-refractivity contribution in [3.8, 4) is 0 Å². The number of aryl methyl sites for hydroxylation is 2. The topological polar surface area (TPSA) is 66.5 Å². The molecule has 0 aromatic heterocycles. The Kier molecular flexibility index (Phi) is 5.29. The molecule has 4 unspecified atom stereocenters. The molecule has 154 valence electrons. The van der Waals surface area contributed by atoms with Crippen molar-refractivity contribution in [3.63, 3.8) is 0 Å². The zero-order valence-electron chi connectivity index (χ0n) is 17.5. The summed E-state index contributed by atoms with van der Waals surface area (Å²) in [7, 11) is 0. The summed E-state index contributed by atoms with van der Waals surface area (Å²) >= 11 is 0. The number of imide groups is 1. The Labute approximate surface area is 176 Å². The molecule has 1 saturated heterocycles. The molecule has 1 fully saturated rings. The third kappa shape index (κ3) is 3.67. The van der Waals surface area contributed by atoms with E-state index < -0.39 is 17.8 Å². The van der Waals surface area contributed by atoms with Crippen molar-refractivity contribution in [1.29, 1.82) is 0 Å². The highest BCUT2D eigenvalue weighted by Crippen LogP contribution is 2.42. The highest BCUT2D eigenvalue weighted by Gasteiger charge is 2.54. The van der Waals surface area contributed by atoms with E-state index in [1.165, 1.54) is 4.90 Å². The lowest BCUT2D eigenvalue weighted by Crippen LogP contribution is -2.41. The Balaban J connectivity index is 1.59. The van der Waals surface area contributed by atoms with E-state index in [-0.39, 0.29) is 30.2 Å². The van der Waals surface area contributed by atoms with Gasteiger partial charge in [0.15, 0.2) is 0 Å². The van der Waals surface area contributed by atoms with Gasteiger partial charge in [0.25, 0.3) is 0 Å². The maximum atomic E-state index is 13.3. The molecule has 2 aromatic rings. The molecule has 30 heavy (non-hydrogen) atoms. The van der Waals surface area contributed by atoms with E-state index in [9.17, 15) is 14.4 Å². The van der Waals surface area contributed by atoms with Gasteiger partial charge in [-0.1, -0.05) is 55.5 Å². The molecule has 4 atom stereocenters. The highest BCUT2D eigenvalue weighted by atomic mass is 16.2. The molecule has 1 N–H and O–H groups in total. The van der Waals surface area contributed by atoms with E-state index in [0.717, 1.165) is 16.7 Å². The van der Waals surface area contributed by atoms with Crippen molar-refractivity contribution in [3.05, 3.63) is 77.4 Å². The largest absolute Gasteiger partial charge is 0.326 e. The van der Waals surface area contributed by atoms with Crippen LogP contribution in [-0.2, 0) is 20.9 Å². The molecule has 0 spiro atoms. The van der Waals surface area contributed by atoms with Crippen LogP contribution in [-0.4, -0.2) is 22.6 Å². The summed E-state index contributed by atoms with van der Waals surface area (Å²) < 4.78 is 0. The van der Waals surface area contributed by atoms with Gasteiger partial charge in [-0.3, -0.25) is 19.3 Å². The smallest absolute Gasteiger partial charge is 0.237 e. The minimum absolute atomic E-state index is 0.134. The average Bonchev–Trinajstić information content (AvgIpc) is 2.92. The molecule has 1 aliphatic carbocycles. The number of benzene rings is 2. The molecule has 4 rings (SSSR count). The lowest BCUT2D eigenvalue weighted by Gasteiger charge is -2.30. The predicted octanol–water partition coefficient (Wildman–Crippen LogP) is 3.87. The average molecular weight is 402 g/mol. The third-order valence-electron chi connectivity index (χ3n) is 6.04. The van der Waals surface area contributed by atoms with Crippen LogP contribution in [0.4, 0.5) is 5.69 Å². The lowest BCUT2D eigenvalue weighted by molar-refractivity contribution is -0.142. The third-order valence-corrected chi connectivity index (χ3v) is 6.04. The monoisotopic (exact) mass is 402 g/mol. The Morgan fingerprint density at radius 2 is 1.63 bits per heavy atom. The zero-order chi connectivity index (χ0) is 21.4. The van der Waals surface area contributed by atoms with E-state index in [1.807, 2.05) is 75.4 Å². The quantitative estimate of drug-likeness (QED) is 0.624. The zero-order valence-corrected chi connectivity index (χ0v) is 17.5. The van der Waals surface area contributed by atoms with E-state index in [2.05, 4.69) is 5.32 Å². The summed E-state index contributed by atoms with van der Waals surface area (Å²) in [6.07, 6.45) is 3.70. The molecule has 1 aliphatic heterocycles. The number of amides is 3. The van der Waals surface area contributed by atoms with Crippen molar-refractivity contribution < 1.29 is 14.4 Å². The fourth-order valence-corrected chi connectivity index (χ4v) is 4.69. The Hall–Kier alpha value is -3.21. The number of nitrogens with one attached hydrogen (secondary N) is 1. The van der Waals surface area contributed by atoms with Crippen molar-refractivity contribution in [2.45, 2.75) is 27.3 Å². The molecule has 2 aliphatic rings. The molecule has 5 nitrogen and oxygen atoms in total. The van der Waals surface area contributed by atoms with Crippen molar-refractivity contribution in [2.24, 2.45) is 23.7 Å². The van der Waals surface area contributed by atoms with Gasteiger partial charge in [-0.2, -0.15) is 0 Å². The van der Waals surface area contributed by atoms with Crippen LogP contribution in [0, 0.1) is 37.5 Å². The Morgan fingerprint density at radius 1 is 0.967 bits per heavy atom. The van der Waals surface area contributed by atoms with Crippen LogP contribution >= 0.6 is 0 Å². The predicted molar refractivity (Wildman–Crippen MR) is 115 cm³/mol. The van der Waals surface area contributed by atoms with Gasteiger partial charge in [0.1, 0.15) is 0 Å². The first-order chi connectivity index (χ1) is 14.3. The minimum Gasteiger partial charge on any atom is -0.326 e. The first-order valence-electron chi connectivity index (χ1n) is 10.3. The maximum Gasteiger partial charge on any atom is 0.237 e. The maximum absolute atomic E-state index is 13.3. The number of carbonyl (C=O) groups is 3. The number of fused-ring (bicyclic) bond motifs is 1. The van der Waals surface area contributed by atoms with E-state index in [0.29, 0.717) is 5.69 Å². The molecule has 1 heterocycles. The van der Waals surface area contributed by atoms with E-state index >= 15 is 0 Å². The fourth-order valence-electron chi connectivity index (χ4n) is 4.69. The lowest BCUT2D eigenvalue weighted by atomic mass is 9.71. The number of nitrogens with zero attached hydrogens (tertiary/aromatic N) is 1. The second-order valence-corrected chi connectivity index (χ2v) is 8.44. The van der Waals surface area contributed by atoms with Gasteiger partial charge in [0, 0.05) is 5.69 Å². The molecular formula is C25H26N2O3. The second-order valence-electron chi connectivity index (χ2n) is 8.44. The minimum atomic E-state index is -0.660. The van der Waals surface area contributed by atoms with Gasteiger partial charge in [0.2, 0.25) is 17.7 Å². The summed E-state index contributed by atoms with van der Waals surface area (Å²) in [5.41, 5.74) is 3.72. The van der Waals surface area contributed by atoms with Crippen molar-refractivity contribution in [1.82, 2.24) is 4.90 Å². The molecule has 0 bridgehead atoms. The summed E-state index contributed by atoms with van der Waals surface area (Å²) in [6.45, 7) is 6.12. The SMILES string of the molecule is Cc1cc(C)cc(NC(=O)C2C(C)C=CC3C(=O)N(Cc4ccccc4)C(=O)C32)c1. The number of carbonyl (C=O) groups excluding carboxylic acids is 3. The number of allylic oxidation sites excluding steroid dienone is 1. The normalized spacial score (nSPS) is 25.4. The number of hydrogen-bond acceptors (Lipinski definition) is 3. The molecule has 3 amide bonds. The number of anilines is 1. The first-order valence-corrected chi connectivity index (χ1v) is 10.3. The molecule has 0 saturated carbocycles. The Bertz CT molecular complexity index is 1010. The van der Waals surface area contributed by atoms with Crippen LogP contribution in [0.25, 0.3) is 0 Å². The second kappa shape index (κ2) is 7.90. The first kappa shape index (κ1) is 20.1. The van der Waals surface area contributed by atoms with Gasteiger partial charge in [-0.05, 0) is 48.6 Å². The van der Waals surface area contributed by atoms with Gasteiger partial charge in [0.05, 0.1) is 24.3 Å². The number of hydrogen-bond donors (Lipinski definition) is 1. The summed E-state index contributed by atoms with van der Waals surface area (Å²) in [4.78, 5) is 40.8. The van der Waals surface area contributed by atoms with Crippen LogP contribution in [0.2, 0.25) is 0 Å². The van der Waals surface area contributed by atoms with Crippen molar-refractivity contribution >= 4 is 23.4 Å². The number of likely N-dealkylation sites (tertiary alicyclic amines) is 1. The van der Waals surface area contributed by atoms with Gasteiger partial charge in [-0.15, -0.1) is 0 Å². The van der Waals surface area contributed by atoms with Crippen molar-refractivity contribution in [2.75, 3.05) is 5.32 Å². The van der Waals surface area contributed by atoms with Crippen LogP contribution in [0.3, 0.4) is 0 Å². The molecule has 2 aromatic carbocycles. The molecule has 5 heteroatoms. The van der Waals surface area contributed by atoms with Crippen LogP contribution in [0.5, 0.6) is 0 Å². The number of rotatable bonds is 4. The summed E-state index contributed by atoms with van der Waals surface area (Å²) in [5, 5.41) is 2.98. The van der Waals surface area contributed by atoms with Crippen LogP contribution < -0.4 is 5.32 Å². The summed E-state index contributed by atoms with van der Waals surface area (Å²) in [6, 6.07) is 15.3. The van der Waals surface area contributed by atoms with E-state index in [4.69, 9.17) is 0 Å². The van der Waals surface area contributed by atoms with Gasteiger partial charge >= 0.3 is 0 Å². The summed E-state index contributed by atoms with van der Waals surface area (Å²) in [5.74, 6) is -2.65. The molecular weight excluding hydrogens is 376 g/mol. The van der Waals surface area contributed by atoms with Gasteiger partial charge < -0.3 is 5.32 Å². The van der Waals surface area contributed by atoms with Crippen LogP contribution in [0.1, 0.15) is 23.6 Å². The molecule has 0 radical (unpaired) electrons. The highest BCUT2D eigenvalue weighted by molar-refractivity contribution is 6.09. The standard InChI is InChI=1S/C25H26N2O3/c1-15-11-16(2)13-19(12-15)26-23(28)21-17(3)9-10-20-22(21)25(30)27(24(20)29)14-18-7-5-4-6-8-18/h4-13,17,20-22H,14H2,1-3H3,(H,26,28). The van der Waals surface area contributed by atoms with Crippen LogP contribution in [0.15, 0.2) is 60.7 Å².